The first-order valence-corrected chi connectivity index (χ1v) is 10.2. The molecule has 4 rings (SSSR count). The van der Waals surface area contributed by atoms with E-state index in [0.29, 0.717) is 17.4 Å². The lowest BCUT2D eigenvalue weighted by Gasteiger charge is -2.19. The molecule has 0 aliphatic carbocycles. The van der Waals surface area contributed by atoms with Crippen LogP contribution in [-0.4, -0.2) is 22.5 Å². The van der Waals surface area contributed by atoms with Crippen molar-refractivity contribution in [1.82, 2.24) is 9.97 Å². The van der Waals surface area contributed by atoms with Gasteiger partial charge in [-0.15, -0.1) is 0 Å². The number of pyridine rings is 1. The summed E-state index contributed by atoms with van der Waals surface area (Å²) in [5, 5.41) is 0.654. The number of ether oxygens (including phenoxy) is 1. The van der Waals surface area contributed by atoms with E-state index in [9.17, 15) is 4.79 Å². The minimum Gasteiger partial charge on any atom is -0.484 e. The molecule has 0 unspecified atom stereocenters. The second kappa shape index (κ2) is 8.41. The molecule has 0 fully saturated rings. The van der Waals surface area contributed by atoms with Crippen molar-refractivity contribution >= 4 is 32.6 Å². The molecule has 0 aliphatic rings. The summed E-state index contributed by atoms with van der Waals surface area (Å²) in [6.07, 6.45) is 1.73. The Hall–Kier alpha value is -3.25. The Morgan fingerprint density at radius 3 is 2.59 bits per heavy atom. The smallest absolute Gasteiger partial charge is 0.267 e. The number of benzene rings is 2. The molecule has 6 heteroatoms. The maximum atomic E-state index is 13.1. The number of anilines is 1. The Labute approximate surface area is 173 Å². The Bertz CT molecular complexity index is 1130. The first kappa shape index (κ1) is 19.1. The first-order valence-electron chi connectivity index (χ1n) is 9.36. The summed E-state index contributed by atoms with van der Waals surface area (Å²) in [6.45, 7) is 4.41. The van der Waals surface area contributed by atoms with E-state index in [4.69, 9.17) is 9.72 Å². The highest BCUT2D eigenvalue weighted by Gasteiger charge is 2.22. The van der Waals surface area contributed by atoms with E-state index in [1.807, 2.05) is 48.5 Å². The molecule has 4 aromatic rings. The summed E-state index contributed by atoms with van der Waals surface area (Å²) in [5.41, 5.74) is 4.06. The fourth-order valence-corrected chi connectivity index (χ4v) is 4.03. The predicted molar refractivity (Wildman–Crippen MR) is 116 cm³/mol. The van der Waals surface area contributed by atoms with E-state index < -0.39 is 0 Å². The lowest BCUT2D eigenvalue weighted by molar-refractivity contribution is -0.120. The van der Waals surface area contributed by atoms with Gasteiger partial charge in [0.1, 0.15) is 5.75 Å². The number of fused-ring (bicyclic) bond motifs is 1. The SMILES string of the molecule is Cc1ccc2sc(N(Cc3ccccn3)C(=O)COc3ccccc3)nc2c1C. The number of hydrogen-bond acceptors (Lipinski definition) is 5. The van der Waals surface area contributed by atoms with Crippen LogP contribution in [0, 0.1) is 13.8 Å². The molecule has 2 aromatic heterocycles. The Kier molecular flexibility index (Phi) is 5.53. The van der Waals surface area contributed by atoms with Crippen LogP contribution < -0.4 is 9.64 Å². The molecule has 0 spiro atoms. The number of aromatic nitrogens is 2. The van der Waals surface area contributed by atoms with Crippen LogP contribution in [0.4, 0.5) is 5.13 Å². The minimum atomic E-state index is -0.159. The fourth-order valence-electron chi connectivity index (χ4n) is 2.99. The van der Waals surface area contributed by atoms with Crippen molar-refractivity contribution in [3.63, 3.8) is 0 Å². The number of carbonyl (C=O) groups is 1. The second-order valence-corrected chi connectivity index (χ2v) is 7.76. The number of rotatable bonds is 6. The number of nitrogens with zero attached hydrogens (tertiary/aromatic N) is 3. The molecular formula is C23H21N3O2S. The van der Waals surface area contributed by atoms with Crippen LogP contribution in [0.25, 0.3) is 10.2 Å². The molecule has 2 aromatic carbocycles. The third-order valence-electron chi connectivity index (χ3n) is 4.76. The normalized spacial score (nSPS) is 10.8. The lowest BCUT2D eigenvalue weighted by atomic mass is 10.1. The van der Waals surface area contributed by atoms with E-state index in [2.05, 4.69) is 31.0 Å². The van der Waals surface area contributed by atoms with Crippen LogP contribution in [0.2, 0.25) is 0 Å². The first-order chi connectivity index (χ1) is 14.1. The molecule has 1 amide bonds. The van der Waals surface area contributed by atoms with Crippen molar-refractivity contribution < 1.29 is 9.53 Å². The Morgan fingerprint density at radius 1 is 1.03 bits per heavy atom. The van der Waals surface area contributed by atoms with Crippen LogP contribution in [-0.2, 0) is 11.3 Å². The molecule has 2 heterocycles. The van der Waals surface area contributed by atoms with Gasteiger partial charge in [0, 0.05) is 6.20 Å². The average Bonchev–Trinajstić information content (AvgIpc) is 3.19. The summed E-state index contributed by atoms with van der Waals surface area (Å²) < 4.78 is 6.75. The molecule has 0 saturated carbocycles. The van der Waals surface area contributed by atoms with Crippen LogP contribution in [0.3, 0.4) is 0 Å². The standard InChI is InChI=1S/C23H21N3O2S/c1-16-11-12-20-22(17(16)2)25-23(29-20)26(14-18-8-6-7-13-24-18)21(27)15-28-19-9-4-3-5-10-19/h3-13H,14-15H2,1-2H3. The molecule has 5 nitrogen and oxygen atoms in total. The highest BCUT2D eigenvalue weighted by molar-refractivity contribution is 7.22. The number of thiazole rings is 1. The summed E-state index contributed by atoms with van der Waals surface area (Å²) in [6, 6.07) is 19.2. The van der Waals surface area contributed by atoms with Gasteiger partial charge in [-0.3, -0.25) is 14.7 Å². The quantitative estimate of drug-likeness (QED) is 0.458. The zero-order chi connectivity index (χ0) is 20.2. The number of amides is 1. The van der Waals surface area contributed by atoms with E-state index in [1.165, 1.54) is 16.9 Å². The van der Waals surface area contributed by atoms with E-state index >= 15 is 0 Å². The number of carbonyl (C=O) groups excluding carboxylic acids is 1. The highest BCUT2D eigenvalue weighted by Crippen LogP contribution is 2.32. The minimum absolute atomic E-state index is 0.0647. The number of hydrogen-bond donors (Lipinski definition) is 0. The lowest BCUT2D eigenvalue weighted by Crippen LogP contribution is -2.34. The van der Waals surface area contributed by atoms with Gasteiger partial charge < -0.3 is 4.74 Å². The van der Waals surface area contributed by atoms with E-state index in [1.54, 1.807) is 11.1 Å². The van der Waals surface area contributed by atoms with Crippen molar-refractivity contribution in [2.45, 2.75) is 20.4 Å². The van der Waals surface area contributed by atoms with Crippen LogP contribution in [0.1, 0.15) is 16.8 Å². The second-order valence-electron chi connectivity index (χ2n) is 6.75. The third kappa shape index (κ3) is 4.27. The molecule has 0 saturated heterocycles. The Balaban J connectivity index is 1.64. The molecule has 29 heavy (non-hydrogen) atoms. The Morgan fingerprint density at radius 2 is 1.83 bits per heavy atom. The van der Waals surface area contributed by atoms with E-state index in [-0.39, 0.29) is 12.5 Å². The summed E-state index contributed by atoms with van der Waals surface area (Å²) in [5.74, 6) is 0.502. The van der Waals surface area contributed by atoms with Gasteiger partial charge in [-0.1, -0.05) is 41.7 Å². The van der Waals surface area contributed by atoms with Crippen molar-refractivity contribution in [2.75, 3.05) is 11.5 Å². The average molecular weight is 404 g/mol. The molecule has 0 bridgehead atoms. The van der Waals surface area contributed by atoms with Gasteiger partial charge in [0.15, 0.2) is 11.7 Å². The van der Waals surface area contributed by atoms with Crippen molar-refractivity contribution in [2.24, 2.45) is 0 Å². The topological polar surface area (TPSA) is 55.3 Å². The number of aryl methyl sites for hydroxylation is 2. The zero-order valence-electron chi connectivity index (χ0n) is 16.3. The van der Waals surface area contributed by atoms with Gasteiger partial charge >= 0.3 is 0 Å². The maximum Gasteiger partial charge on any atom is 0.267 e. The van der Waals surface area contributed by atoms with Gasteiger partial charge in [-0.2, -0.15) is 0 Å². The molecule has 0 radical (unpaired) electrons. The van der Waals surface area contributed by atoms with E-state index in [0.717, 1.165) is 21.5 Å². The molecule has 0 atom stereocenters. The van der Waals surface area contributed by atoms with Gasteiger partial charge in [-0.25, -0.2) is 4.98 Å². The largest absolute Gasteiger partial charge is 0.484 e. The number of para-hydroxylation sites is 1. The molecule has 0 aliphatic heterocycles. The van der Waals surface area contributed by atoms with Gasteiger partial charge in [0.05, 0.1) is 22.5 Å². The molecular weight excluding hydrogens is 382 g/mol. The monoisotopic (exact) mass is 403 g/mol. The van der Waals surface area contributed by atoms with Crippen molar-refractivity contribution in [3.8, 4) is 5.75 Å². The predicted octanol–water partition coefficient (Wildman–Crippen LogP) is 4.92. The van der Waals surface area contributed by atoms with Gasteiger partial charge in [0.25, 0.3) is 5.91 Å². The van der Waals surface area contributed by atoms with Crippen LogP contribution in [0.5, 0.6) is 5.75 Å². The van der Waals surface area contributed by atoms with Crippen molar-refractivity contribution in [3.05, 3.63) is 83.7 Å². The molecule has 0 N–H and O–H groups in total. The highest BCUT2D eigenvalue weighted by atomic mass is 32.1. The summed E-state index contributed by atoms with van der Waals surface area (Å²) in [4.78, 5) is 23.9. The van der Waals surface area contributed by atoms with Crippen LogP contribution in [0.15, 0.2) is 66.9 Å². The summed E-state index contributed by atoms with van der Waals surface area (Å²) >= 11 is 1.51. The fraction of sp³-hybridized carbons (Fsp3) is 0.174. The molecule has 146 valence electrons. The van der Waals surface area contributed by atoms with Crippen LogP contribution >= 0.6 is 11.3 Å². The van der Waals surface area contributed by atoms with Gasteiger partial charge in [0.2, 0.25) is 0 Å². The third-order valence-corrected chi connectivity index (χ3v) is 5.80. The van der Waals surface area contributed by atoms with Gasteiger partial charge in [-0.05, 0) is 55.3 Å². The summed E-state index contributed by atoms with van der Waals surface area (Å²) in [7, 11) is 0. The van der Waals surface area contributed by atoms with Crippen molar-refractivity contribution in [1.29, 1.82) is 0 Å². The maximum absolute atomic E-state index is 13.1. The zero-order valence-corrected chi connectivity index (χ0v) is 17.1.